The van der Waals surface area contributed by atoms with Gasteiger partial charge in [0.25, 0.3) is 0 Å². The largest absolute Gasteiger partial charge is 0.373 e. The van der Waals surface area contributed by atoms with Crippen molar-refractivity contribution in [2.45, 2.75) is 90.0 Å². The van der Waals surface area contributed by atoms with Crippen LogP contribution in [0.15, 0.2) is 48.8 Å². The van der Waals surface area contributed by atoms with Crippen LogP contribution in [0.4, 0.5) is 0 Å². The van der Waals surface area contributed by atoms with Gasteiger partial charge in [-0.3, -0.25) is 4.89 Å². The molecule has 4 heteroatoms. The smallest absolute Gasteiger partial charge is 0.293 e. The van der Waals surface area contributed by atoms with Crippen LogP contribution in [0.5, 0.6) is 0 Å². The Labute approximate surface area is 191 Å². The molecule has 3 nitrogen and oxygen atoms in total. The Bertz CT molecular complexity index is 616. The number of hydrogen-bond acceptors (Lipinski definition) is 3. The third-order valence-electron chi connectivity index (χ3n) is 6.08. The minimum Gasteiger partial charge on any atom is -0.293 e. The first-order valence-electron chi connectivity index (χ1n) is 12.1. The molecular weight excluding hydrogens is 400 g/mol. The second-order valence-corrected chi connectivity index (χ2v) is 12.5. The van der Waals surface area contributed by atoms with Gasteiger partial charge in [-0.05, 0) is 24.6 Å². The van der Waals surface area contributed by atoms with Gasteiger partial charge in [-0.25, -0.2) is 4.79 Å². The van der Waals surface area contributed by atoms with Crippen molar-refractivity contribution in [2.24, 2.45) is 0 Å². The lowest BCUT2D eigenvalue weighted by molar-refractivity contribution is -0.241. The van der Waals surface area contributed by atoms with E-state index in [-0.39, 0.29) is 0 Å². The van der Waals surface area contributed by atoms with Crippen LogP contribution in [-0.2, 0) is 9.78 Å². The summed E-state index contributed by atoms with van der Waals surface area (Å²) in [6, 6.07) is 8.57. The Morgan fingerprint density at radius 2 is 1.32 bits per heavy atom. The molecule has 1 aromatic carbocycles. The standard InChI is InChI=1S/C27H43O3Si/c1-5-9-10-11-12-13-14-15-16-17-18-19-24-29-30-27(28)25-20-22-26(23-21-25)31(6-2,7-3)8-4/h6-7,20-23H,1-3,5,8-19,24H2,4H3. The highest BCUT2D eigenvalue weighted by atomic mass is 28.3. The van der Waals surface area contributed by atoms with E-state index in [0.717, 1.165) is 25.3 Å². The molecule has 0 bridgehead atoms. The predicted octanol–water partition coefficient (Wildman–Crippen LogP) is 7.42. The van der Waals surface area contributed by atoms with Crippen LogP contribution in [0.2, 0.25) is 6.04 Å². The molecule has 0 N–H and O–H groups in total. The molecule has 0 unspecified atom stereocenters. The minimum atomic E-state index is -1.87. The highest BCUT2D eigenvalue weighted by Crippen LogP contribution is 2.14. The number of carbonyl (C=O) groups is 1. The first-order chi connectivity index (χ1) is 15.1. The second kappa shape index (κ2) is 17.0. The van der Waals surface area contributed by atoms with Gasteiger partial charge in [0.15, 0.2) is 0 Å². The lowest BCUT2D eigenvalue weighted by Gasteiger charge is -2.23. The molecule has 31 heavy (non-hydrogen) atoms. The third-order valence-corrected chi connectivity index (χ3v) is 10.1. The van der Waals surface area contributed by atoms with Gasteiger partial charge >= 0.3 is 5.97 Å². The van der Waals surface area contributed by atoms with Gasteiger partial charge in [0, 0.05) is 0 Å². The van der Waals surface area contributed by atoms with E-state index in [4.69, 9.17) is 9.78 Å². The zero-order valence-corrected chi connectivity index (χ0v) is 20.7. The topological polar surface area (TPSA) is 35.5 Å². The molecule has 0 aliphatic carbocycles. The summed E-state index contributed by atoms with van der Waals surface area (Å²) in [5, 5.41) is 1.20. The van der Waals surface area contributed by atoms with Gasteiger partial charge in [0.05, 0.1) is 12.2 Å². The Morgan fingerprint density at radius 1 is 0.839 bits per heavy atom. The second-order valence-electron chi connectivity index (χ2n) is 8.31. The quantitative estimate of drug-likeness (QED) is 0.0966. The number of unbranched alkanes of at least 4 members (excludes halogenated alkanes) is 11. The predicted molar refractivity (Wildman–Crippen MR) is 135 cm³/mol. The fraction of sp³-hybridized carbons (Fsp3) is 0.556. The molecule has 1 aromatic rings. The van der Waals surface area contributed by atoms with Crippen LogP contribution in [0, 0.1) is 6.92 Å². The summed E-state index contributed by atoms with van der Waals surface area (Å²) in [5.74, 6) is -0.442. The summed E-state index contributed by atoms with van der Waals surface area (Å²) >= 11 is 0. The molecule has 0 aliphatic heterocycles. The number of benzene rings is 1. The van der Waals surface area contributed by atoms with Crippen LogP contribution in [0.25, 0.3) is 0 Å². The van der Waals surface area contributed by atoms with E-state index in [1.807, 2.05) is 23.5 Å². The van der Waals surface area contributed by atoms with E-state index >= 15 is 0 Å². The molecule has 0 fully saturated rings. The van der Waals surface area contributed by atoms with Crippen LogP contribution < -0.4 is 5.19 Å². The lowest BCUT2D eigenvalue weighted by Crippen LogP contribution is -2.43. The van der Waals surface area contributed by atoms with Gasteiger partial charge in [0.1, 0.15) is 8.07 Å². The first kappa shape index (κ1) is 27.4. The normalized spacial score (nSPS) is 11.3. The summed E-state index contributed by atoms with van der Waals surface area (Å²) < 4.78 is 0. The summed E-state index contributed by atoms with van der Waals surface area (Å²) in [5.41, 5.74) is 4.56. The van der Waals surface area contributed by atoms with Crippen molar-refractivity contribution in [3.05, 3.63) is 61.3 Å². The van der Waals surface area contributed by atoms with Gasteiger partial charge in [-0.1, -0.05) is 113 Å². The Hall–Kier alpha value is -1.65. The van der Waals surface area contributed by atoms with Crippen molar-refractivity contribution in [3.8, 4) is 0 Å². The van der Waals surface area contributed by atoms with E-state index in [1.165, 1.54) is 63.0 Å². The molecule has 0 aliphatic rings. The fourth-order valence-corrected chi connectivity index (χ4v) is 6.21. The van der Waals surface area contributed by atoms with Crippen LogP contribution in [-0.4, -0.2) is 20.7 Å². The highest BCUT2D eigenvalue weighted by Gasteiger charge is 2.26. The lowest BCUT2D eigenvalue weighted by atomic mass is 10.1. The fourth-order valence-electron chi connectivity index (χ4n) is 3.80. The SMILES string of the molecule is [CH2]CCCCCCCCCCCCCOOC(=O)c1ccc([Si](C=C)(C=C)CC)cc1. The summed E-state index contributed by atoms with van der Waals surface area (Å²) in [7, 11) is -1.87. The zero-order valence-electron chi connectivity index (χ0n) is 19.7. The van der Waals surface area contributed by atoms with Crippen molar-refractivity contribution in [2.75, 3.05) is 6.61 Å². The number of carbonyl (C=O) groups excluding carboxylic acids is 1. The molecule has 1 radical (unpaired) electrons. The zero-order chi connectivity index (χ0) is 22.8. The molecule has 0 saturated carbocycles. The number of rotatable bonds is 19. The summed E-state index contributed by atoms with van der Waals surface area (Å²) in [4.78, 5) is 22.2. The van der Waals surface area contributed by atoms with E-state index < -0.39 is 14.0 Å². The van der Waals surface area contributed by atoms with Crippen molar-refractivity contribution in [1.29, 1.82) is 0 Å². The highest BCUT2D eigenvalue weighted by molar-refractivity contribution is 6.99. The van der Waals surface area contributed by atoms with Crippen molar-refractivity contribution in [1.82, 2.24) is 0 Å². The third kappa shape index (κ3) is 10.5. The van der Waals surface area contributed by atoms with E-state index in [0.29, 0.717) is 12.2 Å². The Morgan fingerprint density at radius 3 is 1.77 bits per heavy atom. The van der Waals surface area contributed by atoms with Crippen molar-refractivity contribution >= 4 is 19.2 Å². The molecule has 0 atom stereocenters. The molecule has 0 spiro atoms. The van der Waals surface area contributed by atoms with E-state index in [2.05, 4.69) is 27.0 Å². The van der Waals surface area contributed by atoms with Crippen LogP contribution >= 0.6 is 0 Å². The maximum Gasteiger partial charge on any atom is 0.373 e. The van der Waals surface area contributed by atoms with Gasteiger partial charge < -0.3 is 0 Å². The maximum absolute atomic E-state index is 12.2. The average molecular weight is 444 g/mol. The van der Waals surface area contributed by atoms with Gasteiger partial charge in [-0.15, -0.1) is 13.2 Å². The first-order valence-corrected chi connectivity index (χ1v) is 14.5. The van der Waals surface area contributed by atoms with Crippen LogP contribution in [0.1, 0.15) is 94.3 Å². The van der Waals surface area contributed by atoms with Crippen molar-refractivity contribution in [3.63, 3.8) is 0 Å². The molecule has 0 saturated heterocycles. The molecule has 0 aromatic heterocycles. The van der Waals surface area contributed by atoms with Gasteiger partial charge in [0.2, 0.25) is 0 Å². The molecule has 0 amide bonds. The molecule has 173 valence electrons. The minimum absolute atomic E-state index is 0.442. The average Bonchev–Trinajstić information content (AvgIpc) is 2.81. The summed E-state index contributed by atoms with van der Waals surface area (Å²) in [6.07, 6.45) is 15.0. The molecule has 1 rings (SSSR count). The number of hydrogen-bond donors (Lipinski definition) is 0. The molecule has 0 heterocycles. The van der Waals surface area contributed by atoms with Gasteiger partial charge in [-0.2, -0.15) is 4.89 Å². The van der Waals surface area contributed by atoms with Crippen LogP contribution in [0.3, 0.4) is 0 Å². The van der Waals surface area contributed by atoms with E-state index in [9.17, 15) is 4.79 Å². The Kier molecular flexibility index (Phi) is 15.0. The molecular formula is C27H43O3Si. The maximum atomic E-state index is 12.2. The monoisotopic (exact) mass is 443 g/mol. The van der Waals surface area contributed by atoms with Crippen molar-refractivity contribution < 1.29 is 14.6 Å². The summed E-state index contributed by atoms with van der Waals surface area (Å²) in [6.45, 7) is 14.5. The Balaban J connectivity index is 2.11. The van der Waals surface area contributed by atoms with E-state index in [1.54, 1.807) is 12.1 Å².